The van der Waals surface area contributed by atoms with Crippen molar-refractivity contribution in [3.8, 4) is 0 Å². The molecular weight excluding hydrogens is 238 g/mol. The van der Waals surface area contributed by atoms with E-state index in [4.69, 9.17) is 0 Å². The number of piperidine rings is 1. The van der Waals surface area contributed by atoms with E-state index in [1.807, 2.05) is 43.0 Å². The second-order valence-electron chi connectivity index (χ2n) is 5.82. The van der Waals surface area contributed by atoms with E-state index < -0.39 is 11.6 Å². The molecule has 3 heteroatoms. The Morgan fingerprint density at radius 2 is 2.00 bits per heavy atom. The lowest BCUT2D eigenvalue weighted by atomic mass is 9.86. The Morgan fingerprint density at radius 3 is 2.58 bits per heavy atom. The zero-order valence-electron chi connectivity index (χ0n) is 12.0. The van der Waals surface area contributed by atoms with Gasteiger partial charge in [0.1, 0.15) is 0 Å². The summed E-state index contributed by atoms with van der Waals surface area (Å²) in [6.45, 7) is 6.70. The number of hydrogen-bond donors (Lipinski definition) is 1. The number of aliphatic hydroxyl groups excluding tert-OH is 1. The number of rotatable bonds is 2. The summed E-state index contributed by atoms with van der Waals surface area (Å²) in [6, 6.07) is 7.78. The van der Waals surface area contributed by atoms with Crippen LogP contribution in [-0.2, 0) is 6.42 Å². The maximum atomic E-state index is 12.6. The normalized spacial score (nSPS) is 22.3. The minimum atomic E-state index is -0.487. The Labute approximate surface area is 115 Å². The number of hydrogen-bond acceptors (Lipinski definition) is 2. The van der Waals surface area contributed by atoms with Crippen LogP contribution in [0.5, 0.6) is 0 Å². The molecule has 0 aromatic heterocycles. The van der Waals surface area contributed by atoms with Crippen LogP contribution < -0.4 is 0 Å². The zero-order chi connectivity index (χ0) is 14.0. The predicted octanol–water partition coefficient (Wildman–Crippen LogP) is 2.62. The molecule has 1 N–H and O–H groups in total. The Bertz CT molecular complexity index is 450. The highest BCUT2D eigenvalue weighted by molar-refractivity contribution is 5.94. The summed E-state index contributed by atoms with van der Waals surface area (Å²) in [5, 5.41) is 10.1. The van der Waals surface area contributed by atoms with Crippen molar-refractivity contribution in [1.29, 1.82) is 0 Å². The van der Waals surface area contributed by atoms with Gasteiger partial charge in [0.15, 0.2) is 0 Å². The van der Waals surface area contributed by atoms with Crippen molar-refractivity contribution in [3.63, 3.8) is 0 Å². The fourth-order valence-electron chi connectivity index (χ4n) is 2.67. The molecular formula is C16H23NO2. The van der Waals surface area contributed by atoms with Gasteiger partial charge in [-0.2, -0.15) is 0 Å². The SMILES string of the molecule is CCc1ccc(C(=O)N2CCCC(O)C2(C)C)cc1. The Kier molecular flexibility index (Phi) is 3.95. The molecule has 3 nitrogen and oxygen atoms in total. The first-order chi connectivity index (χ1) is 8.96. The summed E-state index contributed by atoms with van der Waals surface area (Å²) in [5.74, 6) is 0.0198. The van der Waals surface area contributed by atoms with E-state index in [1.165, 1.54) is 5.56 Å². The van der Waals surface area contributed by atoms with Gasteiger partial charge in [-0.05, 0) is 50.8 Å². The fraction of sp³-hybridized carbons (Fsp3) is 0.562. The quantitative estimate of drug-likeness (QED) is 0.889. The summed E-state index contributed by atoms with van der Waals surface area (Å²) in [4.78, 5) is 14.4. The van der Waals surface area contributed by atoms with Crippen LogP contribution in [-0.4, -0.2) is 34.1 Å². The topological polar surface area (TPSA) is 40.5 Å². The molecule has 1 unspecified atom stereocenters. The molecule has 0 bridgehead atoms. The summed E-state index contributed by atoms with van der Waals surface area (Å²) >= 11 is 0. The minimum Gasteiger partial charge on any atom is -0.391 e. The molecule has 1 heterocycles. The zero-order valence-corrected chi connectivity index (χ0v) is 12.0. The van der Waals surface area contributed by atoms with Crippen LogP contribution >= 0.6 is 0 Å². The summed E-state index contributed by atoms with van der Waals surface area (Å²) in [6.07, 6.45) is 2.16. The largest absolute Gasteiger partial charge is 0.391 e. The molecule has 1 saturated heterocycles. The van der Waals surface area contributed by atoms with Crippen LogP contribution in [0.1, 0.15) is 49.5 Å². The van der Waals surface area contributed by atoms with Gasteiger partial charge in [-0.15, -0.1) is 0 Å². The molecule has 1 fully saturated rings. The van der Waals surface area contributed by atoms with Gasteiger partial charge in [-0.1, -0.05) is 19.1 Å². The van der Waals surface area contributed by atoms with Gasteiger partial charge in [-0.25, -0.2) is 0 Å². The van der Waals surface area contributed by atoms with Crippen molar-refractivity contribution in [2.24, 2.45) is 0 Å². The van der Waals surface area contributed by atoms with Gasteiger partial charge in [-0.3, -0.25) is 4.79 Å². The Balaban J connectivity index is 2.22. The van der Waals surface area contributed by atoms with Crippen molar-refractivity contribution in [3.05, 3.63) is 35.4 Å². The van der Waals surface area contributed by atoms with Crippen molar-refractivity contribution in [1.82, 2.24) is 4.90 Å². The summed E-state index contributed by atoms with van der Waals surface area (Å²) in [5.41, 5.74) is 1.45. The Morgan fingerprint density at radius 1 is 1.37 bits per heavy atom. The molecule has 2 rings (SSSR count). The van der Waals surface area contributed by atoms with Gasteiger partial charge in [0.2, 0.25) is 0 Å². The van der Waals surface area contributed by atoms with E-state index in [1.54, 1.807) is 0 Å². The molecule has 1 aliphatic rings. The maximum absolute atomic E-state index is 12.6. The van der Waals surface area contributed by atoms with Gasteiger partial charge in [0.05, 0.1) is 11.6 Å². The molecule has 0 spiro atoms. The van der Waals surface area contributed by atoms with Gasteiger partial charge in [0.25, 0.3) is 5.91 Å². The number of likely N-dealkylation sites (tertiary alicyclic amines) is 1. The molecule has 19 heavy (non-hydrogen) atoms. The lowest BCUT2D eigenvalue weighted by molar-refractivity contribution is -0.0307. The van der Waals surface area contributed by atoms with Crippen LogP contribution in [0.4, 0.5) is 0 Å². The highest BCUT2D eigenvalue weighted by Crippen LogP contribution is 2.29. The smallest absolute Gasteiger partial charge is 0.254 e. The van der Waals surface area contributed by atoms with E-state index in [0.717, 1.165) is 25.8 Å². The highest BCUT2D eigenvalue weighted by Gasteiger charge is 2.40. The molecule has 104 valence electrons. The highest BCUT2D eigenvalue weighted by atomic mass is 16.3. The number of benzene rings is 1. The number of aliphatic hydroxyl groups is 1. The van der Waals surface area contributed by atoms with Crippen LogP contribution in [0.15, 0.2) is 24.3 Å². The number of nitrogens with zero attached hydrogens (tertiary/aromatic N) is 1. The van der Waals surface area contributed by atoms with E-state index in [9.17, 15) is 9.90 Å². The third-order valence-corrected chi connectivity index (χ3v) is 4.22. The molecule has 1 aromatic rings. The lowest BCUT2D eigenvalue weighted by Crippen LogP contribution is -2.58. The minimum absolute atomic E-state index is 0.0198. The average molecular weight is 261 g/mol. The first-order valence-corrected chi connectivity index (χ1v) is 7.05. The van der Waals surface area contributed by atoms with Crippen molar-refractivity contribution < 1.29 is 9.90 Å². The van der Waals surface area contributed by atoms with Crippen LogP contribution in [0.3, 0.4) is 0 Å². The lowest BCUT2D eigenvalue weighted by Gasteiger charge is -2.45. The fourth-order valence-corrected chi connectivity index (χ4v) is 2.67. The Hall–Kier alpha value is -1.35. The molecule has 0 saturated carbocycles. The predicted molar refractivity (Wildman–Crippen MR) is 76.2 cm³/mol. The maximum Gasteiger partial charge on any atom is 0.254 e. The molecule has 1 aliphatic heterocycles. The van der Waals surface area contributed by atoms with Crippen LogP contribution in [0.2, 0.25) is 0 Å². The first kappa shape index (κ1) is 14.1. The number of aryl methyl sites for hydroxylation is 1. The van der Waals surface area contributed by atoms with E-state index in [-0.39, 0.29) is 5.91 Å². The van der Waals surface area contributed by atoms with Gasteiger partial charge in [0, 0.05) is 12.1 Å². The molecule has 1 aromatic carbocycles. The second-order valence-corrected chi connectivity index (χ2v) is 5.82. The van der Waals surface area contributed by atoms with E-state index in [2.05, 4.69) is 6.92 Å². The first-order valence-electron chi connectivity index (χ1n) is 7.05. The van der Waals surface area contributed by atoms with Crippen LogP contribution in [0, 0.1) is 0 Å². The molecule has 0 radical (unpaired) electrons. The van der Waals surface area contributed by atoms with Crippen molar-refractivity contribution in [2.75, 3.05) is 6.54 Å². The summed E-state index contributed by atoms with van der Waals surface area (Å²) in [7, 11) is 0. The molecule has 0 aliphatic carbocycles. The van der Waals surface area contributed by atoms with Gasteiger partial charge < -0.3 is 10.0 Å². The molecule has 1 amide bonds. The van der Waals surface area contributed by atoms with Crippen molar-refractivity contribution >= 4 is 5.91 Å². The average Bonchev–Trinajstić information content (AvgIpc) is 2.41. The number of carbonyl (C=O) groups is 1. The number of carbonyl (C=O) groups excluding carboxylic acids is 1. The standard InChI is InChI=1S/C16H23NO2/c1-4-12-7-9-13(10-8-12)15(19)17-11-5-6-14(18)16(17,2)3/h7-10,14,18H,4-6,11H2,1-3H3. The molecule has 1 atom stereocenters. The summed E-state index contributed by atoms with van der Waals surface area (Å²) < 4.78 is 0. The van der Waals surface area contributed by atoms with E-state index in [0.29, 0.717) is 5.56 Å². The van der Waals surface area contributed by atoms with E-state index >= 15 is 0 Å². The van der Waals surface area contributed by atoms with Crippen molar-refractivity contribution in [2.45, 2.75) is 51.7 Å². The van der Waals surface area contributed by atoms with Gasteiger partial charge >= 0.3 is 0 Å². The van der Waals surface area contributed by atoms with Crippen LogP contribution in [0.25, 0.3) is 0 Å². The second kappa shape index (κ2) is 5.33. The third kappa shape index (κ3) is 2.66. The number of amides is 1. The third-order valence-electron chi connectivity index (χ3n) is 4.22. The monoisotopic (exact) mass is 261 g/mol.